The van der Waals surface area contributed by atoms with Gasteiger partial charge in [-0.1, -0.05) is 23.4 Å². The number of thioether (sulfide) groups is 2. The Morgan fingerprint density at radius 3 is 2.29 bits per heavy atom. The normalized spacial score (nSPS) is 11.7. The van der Waals surface area contributed by atoms with Crippen molar-refractivity contribution >= 4 is 64.0 Å². The average Bonchev–Trinajstić information content (AvgIpc) is 2.65. The maximum absolute atomic E-state index is 12.6. The molecule has 0 saturated heterocycles. The first-order valence-electron chi connectivity index (χ1n) is 7.90. The maximum atomic E-state index is 12.6. The molecule has 2 aromatic rings. The van der Waals surface area contributed by atoms with Crippen LogP contribution in [0, 0.1) is 0 Å². The van der Waals surface area contributed by atoms with E-state index < -0.39 is 23.2 Å². The molecule has 1 heterocycles. The number of hydrogen-bond acceptors (Lipinski definition) is 5. The van der Waals surface area contributed by atoms with Gasteiger partial charge in [0.05, 0.1) is 16.3 Å². The van der Waals surface area contributed by atoms with Gasteiger partial charge in [0.15, 0.2) is 5.11 Å². The van der Waals surface area contributed by atoms with Crippen LogP contribution in [0.5, 0.6) is 0 Å². The number of benzene rings is 1. The molecule has 1 aromatic carbocycles. The highest BCUT2D eigenvalue weighted by atomic mass is 35.5. The van der Waals surface area contributed by atoms with Gasteiger partial charge in [-0.3, -0.25) is 15.6 Å². The minimum absolute atomic E-state index is 0.00204. The number of alkyl halides is 6. The fourth-order valence-electron chi connectivity index (χ4n) is 1.89. The van der Waals surface area contributed by atoms with Crippen LogP contribution >= 0.6 is 47.3 Å². The lowest BCUT2D eigenvalue weighted by Crippen LogP contribution is -2.44. The Balaban J connectivity index is 1.78. The SMILES string of the molecule is O=C(CSc1ncc(C(F)(F)F)cc1Cl)NNC(=S)Nc1ccc(SC(F)(F)F)cc1. The first-order chi connectivity index (χ1) is 14.3. The summed E-state index contributed by atoms with van der Waals surface area (Å²) in [6.45, 7) is 0. The number of thiocarbonyl (C=S) groups is 1. The fraction of sp³-hybridized carbons (Fsp3) is 0.188. The summed E-state index contributed by atoms with van der Waals surface area (Å²) < 4.78 is 74.7. The number of halogens is 7. The highest BCUT2D eigenvalue weighted by molar-refractivity contribution is 8.00. The van der Waals surface area contributed by atoms with Gasteiger partial charge in [-0.15, -0.1) is 0 Å². The summed E-state index contributed by atoms with van der Waals surface area (Å²) in [6, 6.07) is 5.96. The summed E-state index contributed by atoms with van der Waals surface area (Å²) in [5.74, 6) is -0.805. The summed E-state index contributed by atoms with van der Waals surface area (Å²) >= 11 is 11.3. The Labute approximate surface area is 190 Å². The van der Waals surface area contributed by atoms with Gasteiger partial charge in [-0.25, -0.2) is 4.98 Å². The molecule has 5 nitrogen and oxygen atoms in total. The number of pyridine rings is 1. The second-order valence-corrected chi connectivity index (χ2v) is 8.41. The number of nitrogens with one attached hydrogen (secondary N) is 3. The molecule has 3 N–H and O–H groups in total. The second kappa shape index (κ2) is 10.6. The van der Waals surface area contributed by atoms with E-state index in [1.54, 1.807) is 0 Å². The Morgan fingerprint density at radius 2 is 1.74 bits per heavy atom. The topological polar surface area (TPSA) is 66.0 Å². The van der Waals surface area contributed by atoms with E-state index in [1.807, 2.05) is 0 Å². The third-order valence-electron chi connectivity index (χ3n) is 3.14. The molecule has 168 valence electrons. The number of anilines is 1. The predicted molar refractivity (Wildman–Crippen MR) is 111 cm³/mol. The van der Waals surface area contributed by atoms with Crippen molar-refractivity contribution in [3.63, 3.8) is 0 Å². The largest absolute Gasteiger partial charge is 0.446 e. The zero-order valence-electron chi connectivity index (χ0n) is 14.9. The van der Waals surface area contributed by atoms with E-state index in [1.165, 1.54) is 24.3 Å². The van der Waals surface area contributed by atoms with Crippen LogP contribution in [0.3, 0.4) is 0 Å². The average molecular weight is 521 g/mol. The van der Waals surface area contributed by atoms with Crippen molar-refractivity contribution in [3.05, 3.63) is 47.1 Å². The van der Waals surface area contributed by atoms with Gasteiger partial charge in [0, 0.05) is 16.8 Å². The summed E-state index contributed by atoms with van der Waals surface area (Å²) in [5.41, 5.74) is -0.380. The first kappa shape index (κ1) is 25.4. The van der Waals surface area contributed by atoms with E-state index in [0.29, 0.717) is 18.0 Å². The molecule has 1 amide bonds. The summed E-state index contributed by atoms with van der Waals surface area (Å²) in [7, 11) is 0. The van der Waals surface area contributed by atoms with E-state index in [4.69, 9.17) is 23.8 Å². The molecule has 0 fully saturated rings. The molecule has 0 radical (unpaired) electrons. The number of carbonyl (C=O) groups is 1. The lowest BCUT2D eigenvalue weighted by Gasteiger charge is -2.12. The Morgan fingerprint density at radius 1 is 1.10 bits per heavy atom. The van der Waals surface area contributed by atoms with E-state index >= 15 is 0 Å². The van der Waals surface area contributed by atoms with Gasteiger partial charge in [-0.2, -0.15) is 26.3 Å². The van der Waals surface area contributed by atoms with Gasteiger partial charge < -0.3 is 5.32 Å². The zero-order valence-corrected chi connectivity index (χ0v) is 18.1. The molecule has 0 bridgehead atoms. The molecule has 15 heteroatoms. The van der Waals surface area contributed by atoms with Gasteiger partial charge in [0.25, 0.3) is 0 Å². The fourth-order valence-corrected chi connectivity index (χ4v) is 3.59. The van der Waals surface area contributed by atoms with Gasteiger partial charge in [-0.05, 0) is 54.3 Å². The standard InChI is InChI=1S/C16H11ClF6N4OS3/c17-11-5-8(15(18,19)20)6-24-13(11)30-7-12(28)26-27-14(29)25-9-1-3-10(4-2-9)31-16(21,22)23/h1-6H,7H2,(H,26,28)(H2,25,27,29). The molecule has 0 aliphatic heterocycles. The van der Waals surface area contributed by atoms with Crippen molar-refractivity contribution in [1.29, 1.82) is 0 Å². The van der Waals surface area contributed by atoms with E-state index in [9.17, 15) is 31.1 Å². The molecule has 0 spiro atoms. The van der Waals surface area contributed by atoms with E-state index in [2.05, 4.69) is 21.2 Å². The van der Waals surface area contributed by atoms with Crippen LogP contribution in [0.4, 0.5) is 32.0 Å². The Bertz CT molecular complexity index is 940. The van der Waals surface area contributed by atoms with Gasteiger partial charge in [0.2, 0.25) is 5.91 Å². The molecule has 0 atom stereocenters. The minimum atomic E-state index is -4.58. The van der Waals surface area contributed by atoms with Crippen molar-refractivity contribution in [3.8, 4) is 0 Å². The van der Waals surface area contributed by atoms with Gasteiger partial charge in [0.1, 0.15) is 5.03 Å². The highest BCUT2D eigenvalue weighted by Gasteiger charge is 2.31. The number of rotatable bonds is 5. The predicted octanol–water partition coefficient (Wildman–Crippen LogP) is 5.48. The monoisotopic (exact) mass is 520 g/mol. The number of aromatic nitrogens is 1. The van der Waals surface area contributed by atoms with Crippen LogP contribution in [-0.2, 0) is 11.0 Å². The lowest BCUT2D eigenvalue weighted by molar-refractivity contribution is -0.137. The van der Waals surface area contributed by atoms with Crippen molar-refractivity contribution in [2.24, 2.45) is 0 Å². The smallest absolute Gasteiger partial charge is 0.331 e. The summed E-state index contributed by atoms with van der Waals surface area (Å²) in [6.07, 6.45) is -3.97. The van der Waals surface area contributed by atoms with Crippen molar-refractivity contribution in [2.45, 2.75) is 21.6 Å². The zero-order chi connectivity index (χ0) is 23.2. The molecule has 0 saturated carbocycles. The number of nitrogens with zero attached hydrogens (tertiary/aromatic N) is 1. The molecular weight excluding hydrogens is 510 g/mol. The molecule has 0 aliphatic rings. The van der Waals surface area contributed by atoms with Crippen molar-refractivity contribution in [1.82, 2.24) is 15.8 Å². The van der Waals surface area contributed by atoms with E-state index in [-0.39, 0.29) is 37.6 Å². The number of hydrogen-bond donors (Lipinski definition) is 3. The van der Waals surface area contributed by atoms with Gasteiger partial charge >= 0.3 is 11.7 Å². The molecule has 0 aliphatic carbocycles. The number of hydrazine groups is 1. The van der Waals surface area contributed by atoms with Crippen molar-refractivity contribution in [2.75, 3.05) is 11.1 Å². The molecule has 2 rings (SSSR count). The third kappa shape index (κ3) is 9.01. The first-order valence-corrected chi connectivity index (χ1v) is 10.5. The molecule has 1 aromatic heterocycles. The summed E-state index contributed by atoms with van der Waals surface area (Å²) in [5, 5.41) is 2.42. The van der Waals surface area contributed by atoms with Crippen LogP contribution in [0.1, 0.15) is 5.56 Å². The van der Waals surface area contributed by atoms with Crippen LogP contribution in [0.2, 0.25) is 5.02 Å². The highest BCUT2D eigenvalue weighted by Crippen LogP contribution is 2.37. The second-order valence-electron chi connectivity index (χ2n) is 5.50. The molecule has 0 unspecified atom stereocenters. The lowest BCUT2D eigenvalue weighted by atomic mass is 10.3. The number of amides is 1. The molecular formula is C16H11ClF6N4OS3. The molecule has 31 heavy (non-hydrogen) atoms. The Kier molecular flexibility index (Phi) is 8.68. The minimum Gasteiger partial charge on any atom is -0.331 e. The quantitative estimate of drug-likeness (QED) is 0.209. The Hall–Kier alpha value is -1.90. The van der Waals surface area contributed by atoms with Crippen LogP contribution in [-0.4, -0.2) is 27.3 Å². The van der Waals surface area contributed by atoms with Crippen LogP contribution < -0.4 is 16.2 Å². The van der Waals surface area contributed by atoms with Crippen LogP contribution in [0.15, 0.2) is 46.5 Å². The van der Waals surface area contributed by atoms with E-state index in [0.717, 1.165) is 11.8 Å². The van der Waals surface area contributed by atoms with Crippen LogP contribution in [0.25, 0.3) is 0 Å². The van der Waals surface area contributed by atoms with Crippen molar-refractivity contribution < 1.29 is 31.1 Å². The maximum Gasteiger partial charge on any atom is 0.446 e. The number of carbonyl (C=O) groups excluding carboxylic acids is 1. The summed E-state index contributed by atoms with van der Waals surface area (Å²) in [4.78, 5) is 15.4. The third-order valence-corrected chi connectivity index (χ3v) is 5.48.